The van der Waals surface area contributed by atoms with Crippen molar-refractivity contribution in [3.05, 3.63) is 46.4 Å². The number of carbonyl (C=O) groups is 1. The van der Waals surface area contributed by atoms with Crippen LogP contribution in [0.3, 0.4) is 0 Å². The van der Waals surface area contributed by atoms with Gasteiger partial charge in [-0.3, -0.25) is 4.79 Å². The SMILES string of the molecule is O=C(NCc1cccs1)c1noc(-c2ccc3c(c2)OCO3)n1. The molecule has 7 nitrogen and oxygen atoms in total. The van der Waals surface area contributed by atoms with Gasteiger partial charge in [0.25, 0.3) is 17.6 Å². The summed E-state index contributed by atoms with van der Waals surface area (Å²) >= 11 is 1.57. The zero-order valence-electron chi connectivity index (χ0n) is 11.8. The van der Waals surface area contributed by atoms with Crippen molar-refractivity contribution in [2.45, 2.75) is 6.54 Å². The van der Waals surface area contributed by atoms with Crippen LogP contribution < -0.4 is 14.8 Å². The number of benzene rings is 1. The van der Waals surface area contributed by atoms with Crippen LogP contribution in [0.4, 0.5) is 0 Å². The van der Waals surface area contributed by atoms with Crippen LogP contribution in [-0.4, -0.2) is 22.8 Å². The second kappa shape index (κ2) is 5.73. The highest BCUT2D eigenvalue weighted by Gasteiger charge is 2.19. The Morgan fingerprint density at radius 2 is 2.17 bits per heavy atom. The van der Waals surface area contributed by atoms with Gasteiger partial charge >= 0.3 is 0 Å². The Morgan fingerprint density at radius 1 is 1.26 bits per heavy atom. The number of thiophene rings is 1. The number of hydrogen-bond donors (Lipinski definition) is 1. The Labute approximate surface area is 134 Å². The third-order valence-corrected chi connectivity index (χ3v) is 4.13. The maximum Gasteiger partial charge on any atom is 0.292 e. The van der Waals surface area contributed by atoms with Crippen molar-refractivity contribution in [1.29, 1.82) is 0 Å². The molecule has 1 N–H and O–H groups in total. The Bertz CT molecular complexity index is 844. The van der Waals surface area contributed by atoms with E-state index in [4.69, 9.17) is 14.0 Å². The van der Waals surface area contributed by atoms with Crippen molar-refractivity contribution in [3.8, 4) is 23.0 Å². The zero-order chi connectivity index (χ0) is 15.6. The van der Waals surface area contributed by atoms with Crippen molar-refractivity contribution in [2.75, 3.05) is 6.79 Å². The van der Waals surface area contributed by atoms with Gasteiger partial charge in [-0.2, -0.15) is 4.98 Å². The van der Waals surface area contributed by atoms with E-state index in [2.05, 4.69) is 15.5 Å². The van der Waals surface area contributed by atoms with Crippen molar-refractivity contribution in [3.63, 3.8) is 0 Å². The fraction of sp³-hybridized carbons (Fsp3) is 0.133. The van der Waals surface area contributed by atoms with Gasteiger partial charge in [-0.25, -0.2) is 0 Å². The lowest BCUT2D eigenvalue weighted by Crippen LogP contribution is -2.23. The number of nitrogens with zero attached hydrogens (tertiary/aromatic N) is 2. The molecule has 0 fully saturated rings. The van der Waals surface area contributed by atoms with Crippen molar-refractivity contribution < 1.29 is 18.8 Å². The second-order valence-corrected chi connectivity index (χ2v) is 5.79. The van der Waals surface area contributed by atoms with Gasteiger partial charge in [0.1, 0.15) is 0 Å². The highest BCUT2D eigenvalue weighted by atomic mass is 32.1. The number of fused-ring (bicyclic) bond motifs is 1. The Morgan fingerprint density at radius 3 is 3.04 bits per heavy atom. The number of ether oxygens (including phenoxy) is 2. The molecule has 1 aromatic carbocycles. The topological polar surface area (TPSA) is 86.5 Å². The van der Waals surface area contributed by atoms with Crippen LogP contribution in [0.5, 0.6) is 11.5 Å². The lowest BCUT2D eigenvalue weighted by molar-refractivity contribution is 0.0938. The minimum atomic E-state index is -0.380. The van der Waals surface area contributed by atoms with E-state index in [1.165, 1.54) is 0 Å². The first-order valence-corrected chi connectivity index (χ1v) is 7.72. The summed E-state index contributed by atoms with van der Waals surface area (Å²) in [5, 5.41) is 8.42. The number of nitrogens with one attached hydrogen (secondary N) is 1. The van der Waals surface area contributed by atoms with E-state index in [0.29, 0.717) is 23.6 Å². The molecular weight excluding hydrogens is 318 g/mol. The molecule has 1 aliphatic rings. The summed E-state index contributed by atoms with van der Waals surface area (Å²) in [6.45, 7) is 0.628. The largest absolute Gasteiger partial charge is 0.454 e. The number of carbonyl (C=O) groups excluding carboxylic acids is 1. The predicted octanol–water partition coefficient (Wildman–Crippen LogP) is 2.46. The van der Waals surface area contributed by atoms with E-state index in [1.54, 1.807) is 29.5 Å². The Hall–Kier alpha value is -2.87. The van der Waals surface area contributed by atoms with Crippen LogP contribution in [0.2, 0.25) is 0 Å². The predicted molar refractivity (Wildman–Crippen MR) is 81.3 cm³/mol. The fourth-order valence-electron chi connectivity index (χ4n) is 2.12. The van der Waals surface area contributed by atoms with Crippen molar-refractivity contribution in [1.82, 2.24) is 15.5 Å². The molecule has 2 aromatic heterocycles. The minimum absolute atomic E-state index is 0.00535. The first-order chi connectivity index (χ1) is 11.3. The van der Waals surface area contributed by atoms with Gasteiger partial charge in [-0.1, -0.05) is 11.2 Å². The molecule has 116 valence electrons. The first-order valence-electron chi connectivity index (χ1n) is 6.84. The van der Waals surface area contributed by atoms with Crippen LogP contribution in [0, 0.1) is 0 Å². The van der Waals surface area contributed by atoms with E-state index >= 15 is 0 Å². The molecule has 1 aliphatic heterocycles. The highest BCUT2D eigenvalue weighted by molar-refractivity contribution is 7.09. The summed E-state index contributed by atoms with van der Waals surface area (Å²) in [6.07, 6.45) is 0. The van der Waals surface area contributed by atoms with Crippen LogP contribution in [-0.2, 0) is 6.54 Å². The molecule has 0 unspecified atom stereocenters. The third kappa shape index (κ3) is 2.76. The van der Waals surface area contributed by atoms with E-state index in [1.807, 2.05) is 17.5 Å². The fourth-order valence-corrected chi connectivity index (χ4v) is 2.77. The standard InChI is InChI=1S/C15H11N3O4S/c19-14(16-7-10-2-1-5-23-10)13-17-15(22-18-13)9-3-4-11-12(6-9)21-8-20-11/h1-6H,7-8H2,(H,16,19). The molecule has 23 heavy (non-hydrogen) atoms. The molecule has 0 atom stereocenters. The summed E-state index contributed by atoms with van der Waals surface area (Å²) in [5.41, 5.74) is 0.666. The first kappa shape index (κ1) is 13.8. The van der Waals surface area contributed by atoms with Gasteiger partial charge in [0.05, 0.1) is 6.54 Å². The summed E-state index contributed by atoms with van der Waals surface area (Å²) in [6, 6.07) is 9.15. The number of amides is 1. The lowest BCUT2D eigenvalue weighted by Gasteiger charge is -1.99. The van der Waals surface area contributed by atoms with Gasteiger partial charge in [0, 0.05) is 10.4 Å². The summed E-state index contributed by atoms with van der Waals surface area (Å²) in [4.78, 5) is 17.2. The van der Waals surface area contributed by atoms with Gasteiger partial charge in [0.2, 0.25) is 6.79 Å². The minimum Gasteiger partial charge on any atom is -0.454 e. The van der Waals surface area contributed by atoms with Crippen LogP contribution in [0.15, 0.2) is 40.2 Å². The van der Waals surface area contributed by atoms with Gasteiger partial charge in [-0.15, -0.1) is 11.3 Å². The molecule has 0 radical (unpaired) electrons. The third-order valence-electron chi connectivity index (χ3n) is 3.25. The number of rotatable bonds is 4. The van der Waals surface area contributed by atoms with E-state index in [0.717, 1.165) is 4.88 Å². The molecule has 0 saturated heterocycles. The Kier molecular flexibility index (Phi) is 3.43. The molecule has 8 heteroatoms. The smallest absolute Gasteiger partial charge is 0.292 e. The monoisotopic (exact) mass is 329 g/mol. The molecule has 4 rings (SSSR count). The summed E-state index contributed by atoms with van der Waals surface area (Å²) in [5.74, 6) is 1.15. The van der Waals surface area contributed by atoms with Gasteiger partial charge in [0.15, 0.2) is 11.5 Å². The van der Waals surface area contributed by atoms with Crippen molar-refractivity contribution >= 4 is 17.2 Å². The molecule has 0 spiro atoms. The normalized spacial score (nSPS) is 12.3. The van der Waals surface area contributed by atoms with E-state index in [-0.39, 0.29) is 24.4 Å². The quantitative estimate of drug-likeness (QED) is 0.791. The molecule has 1 amide bonds. The number of hydrogen-bond acceptors (Lipinski definition) is 7. The second-order valence-electron chi connectivity index (χ2n) is 4.75. The lowest BCUT2D eigenvalue weighted by atomic mass is 10.2. The summed E-state index contributed by atoms with van der Waals surface area (Å²) < 4.78 is 15.7. The summed E-state index contributed by atoms with van der Waals surface area (Å²) in [7, 11) is 0. The maximum absolute atomic E-state index is 12.0. The zero-order valence-corrected chi connectivity index (χ0v) is 12.6. The molecule has 0 aliphatic carbocycles. The van der Waals surface area contributed by atoms with Crippen LogP contribution in [0.25, 0.3) is 11.5 Å². The molecule has 3 aromatic rings. The molecule has 0 saturated carbocycles. The molecule has 3 heterocycles. The van der Waals surface area contributed by atoms with Crippen molar-refractivity contribution in [2.24, 2.45) is 0 Å². The van der Waals surface area contributed by atoms with Gasteiger partial charge < -0.3 is 19.3 Å². The molecular formula is C15H11N3O4S. The average Bonchev–Trinajstić information content (AvgIpc) is 3.32. The highest BCUT2D eigenvalue weighted by Crippen LogP contribution is 2.35. The van der Waals surface area contributed by atoms with Gasteiger partial charge in [-0.05, 0) is 29.6 Å². The van der Waals surface area contributed by atoms with E-state index < -0.39 is 0 Å². The van der Waals surface area contributed by atoms with Crippen LogP contribution >= 0.6 is 11.3 Å². The Balaban J connectivity index is 1.49. The number of aromatic nitrogens is 2. The van der Waals surface area contributed by atoms with E-state index in [9.17, 15) is 4.79 Å². The average molecular weight is 329 g/mol. The molecule has 0 bridgehead atoms. The van der Waals surface area contributed by atoms with Crippen LogP contribution in [0.1, 0.15) is 15.5 Å². The maximum atomic E-state index is 12.0.